The van der Waals surface area contributed by atoms with Gasteiger partial charge in [-0.2, -0.15) is 0 Å². The van der Waals surface area contributed by atoms with Gasteiger partial charge in [-0.05, 0) is 6.54 Å². The monoisotopic (exact) mass is 176 g/mol. The largest absolute Gasteiger partial charge is 0.410 e. The topological polar surface area (TPSA) is 90.7 Å². The highest BCUT2D eigenvalue weighted by Crippen LogP contribution is 1.99. The third-order valence-electron chi connectivity index (χ3n) is 1.12. The fourth-order valence-electron chi connectivity index (χ4n) is 0.573. The first-order valence-electron chi connectivity index (χ1n) is 3.41. The molecule has 0 bridgehead atoms. The Morgan fingerprint density at radius 2 is 1.92 bits per heavy atom. The summed E-state index contributed by atoms with van der Waals surface area (Å²) in [6.07, 6.45) is 0. The third kappa shape index (κ3) is 3.89. The van der Waals surface area contributed by atoms with Crippen LogP contribution in [-0.2, 0) is 19.1 Å². The molecule has 70 valence electrons. The van der Waals surface area contributed by atoms with Gasteiger partial charge in [-0.15, -0.1) is 0 Å². The number of likely N-dealkylation sites (N-methyl/N-ethyl adjacent to an activating group) is 1. The molecule has 3 N–H and O–H groups in total. The van der Waals surface area contributed by atoms with Gasteiger partial charge in [0.15, 0.2) is 0 Å². The number of nitrogens with one attached hydrogen (secondary N) is 1. The second kappa shape index (κ2) is 5.50. The fraction of sp³-hybridized carbons (Fsp3) is 0.667. The molecule has 0 unspecified atom stereocenters. The van der Waals surface area contributed by atoms with Crippen LogP contribution in [0.3, 0.4) is 0 Å². The molecule has 0 saturated carbocycles. The van der Waals surface area contributed by atoms with Crippen molar-refractivity contribution in [3.63, 3.8) is 0 Å². The van der Waals surface area contributed by atoms with Crippen molar-refractivity contribution < 1.29 is 19.1 Å². The lowest BCUT2D eigenvalue weighted by Gasteiger charge is -2.24. The first-order chi connectivity index (χ1) is 5.68. The smallest absolute Gasteiger partial charge is 0.327 e. The van der Waals surface area contributed by atoms with Crippen molar-refractivity contribution in [1.29, 1.82) is 0 Å². The van der Waals surface area contributed by atoms with Crippen molar-refractivity contribution in [3.8, 4) is 0 Å². The van der Waals surface area contributed by atoms with Gasteiger partial charge in [-0.25, -0.2) is 0 Å². The molecule has 0 saturated heterocycles. The van der Waals surface area contributed by atoms with Crippen LogP contribution in [-0.4, -0.2) is 31.9 Å². The van der Waals surface area contributed by atoms with Crippen molar-refractivity contribution in [3.05, 3.63) is 0 Å². The fourth-order valence-corrected chi connectivity index (χ4v) is 0.573. The van der Waals surface area contributed by atoms with Gasteiger partial charge in [-0.3, -0.25) is 15.3 Å². The zero-order valence-corrected chi connectivity index (χ0v) is 6.78. The van der Waals surface area contributed by atoms with E-state index in [1.54, 1.807) is 0 Å². The van der Waals surface area contributed by atoms with E-state index in [0.29, 0.717) is 6.54 Å². The van der Waals surface area contributed by atoms with Gasteiger partial charge >= 0.3 is 5.91 Å². The normalized spacial score (nSPS) is 10.5. The third-order valence-corrected chi connectivity index (χ3v) is 1.12. The predicted octanol–water partition coefficient (Wildman–Crippen LogP) is -1.45. The van der Waals surface area contributed by atoms with Crippen LogP contribution in [0.4, 0.5) is 0 Å². The molecule has 0 spiro atoms. The molecule has 0 heterocycles. The minimum Gasteiger partial charge on any atom is -0.410 e. The molecule has 0 radical (unpaired) electrons. The summed E-state index contributed by atoms with van der Waals surface area (Å²) in [5, 5.41) is 2.77. The Kier molecular flexibility index (Phi) is 4.98. The first-order valence-corrected chi connectivity index (χ1v) is 3.41. The van der Waals surface area contributed by atoms with Crippen LogP contribution in [0.1, 0.15) is 6.92 Å². The maximum Gasteiger partial charge on any atom is 0.327 e. The number of hydrogen-bond donors (Lipinski definition) is 2. The van der Waals surface area contributed by atoms with E-state index in [9.17, 15) is 9.59 Å². The quantitative estimate of drug-likeness (QED) is 0.364. The minimum atomic E-state index is -1.69. The van der Waals surface area contributed by atoms with E-state index >= 15 is 0 Å². The van der Waals surface area contributed by atoms with Gasteiger partial charge < -0.3 is 14.8 Å². The Morgan fingerprint density at radius 3 is 2.25 bits per heavy atom. The van der Waals surface area contributed by atoms with Gasteiger partial charge in [0.2, 0.25) is 0 Å². The van der Waals surface area contributed by atoms with E-state index in [-0.39, 0.29) is 19.5 Å². The maximum absolute atomic E-state index is 9.93. The first kappa shape index (κ1) is 10.9. The van der Waals surface area contributed by atoms with E-state index in [2.05, 4.69) is 14.8 Å². The standard InChI is InChI=1S/C6H12N2O4/c1-2-8-3-6(7,11-4-9)12-5-10/h4-5,8H,2-3,7H2,1H3. The van der Waals surface area contributed by atoms with Gasteiger partial charge in [0, 0.05) is 0 Å². The summed E-state index contributed by atoms with van der Waals surface area (Å²) in [5.41, 5.74) is 5.34. The molecule has 0 atom stereocenters. The molecular weight excluding hydrogens is 164 g/mol. The summed E-state index contributed by atoms with van der Waals surface area (Å²) in [6.45, 7) is 2.77. The SMILES string of the molecule is CCNCC(N)(OC=O)OC=O. The summed E-state index contributed by atoms with van der Waals surface area (Å²) in [6, 6.07) is 0. The van der Waals surface area contributed by atoms with Crippen LogP contribution in [0, 0.1) is 0 Å². The molecule has 0 amide bonds. The lowest BCUT2D eigenvalue weighted by Crippen LogP contribution is -2.53. The average Bonchev–Trinajstić information content (AvgIpc) is 2.02. The molecule has 12 heavy (non-hydrogen) atoms. The van der Waals surface area contributed by atoms with E-state index in [1.807, 2.05) is 6.92 Å². The molecule has 0 fully saturated rings. The van der Waals surface area contributed by atoms with Crippen LogP contribution < -0.4 is 11.1 Å². The molecule has 0 aromatic heterocycles. The van der Waals surface area contributed by atoms with Crippen molar-refractivity contribution >= 4 is 12.9 Å². The number of hydrogen-bond acceptors (Lipinski definition) is 6. The van der Waals surface area contributed by atoms with Crippen LogP contribution in [0.2, 0.25) is 0 Å². The van der Waals surface area contributed by atoms with E-state index in [0.717, 1.165) is 0 Å². The van der Waals surface area contributed by atoms with Crippen molar-refractivity contribution in [2.24, 2.45) is 5.73 Å². The molecule has 0 rings (SSSR count). The maximum atomic E-state index is 9.93. The highest BCUT2D eigenvalue weighted by atomic mass is 16.7. The Bertz CT molecular complexity index is 140. The Morgan fingerprint density at radius 1 is 1.42 bits per heavy atom. The molecular formula is C6H12N2O4. The number of carbonyl (C=O) groups is 2. The lowest BCUT2D eigenvalue weighted by atomic mass is 10.5. The zero-order valence-electron chi connectivity index (χ0n) is 6.78. The van der Waals surface area contributed by atoms with Crippen molar-refractivity contribution in [1.82, 2.24) is 5.32 Å². The van der Waals surface area contributed by atoms with E-state index in [4.69, 9.17) is 5.73 Å². The van der Waals surface area contributed by atoms with Gasteiger partial charge in [-0.1, -0.05) is 6.92 Å². The summed E-state index contributed by atoms with van der Waals surface area (Å²) in [4.78, 5) is 19.9. The summed E-state index contributed by atoms with van der Waals surface area (Å²) >= 11 is 0. The zero-order chi connectivity index (χ0) is 9.45. The Labute approximate surface area is 70.0 Å². The van der Waals surface area contributed by atoms with Crippen LogP contribution in [0.25, 0.3) is 0 Å². The minimum absolute atomic E-state index is 0.0565. The van der Waals surface area contributed by atoms with Gasteiger partial charge in [0.05, 0.1) is 6.54 Å². The number of carbonyl (C=O) groups excluding carboxylic acids is 2. The van der Waals surface area contributed by atoms with Crippen LogP contribution in [0.15, 0.2) is 0 Å². The molecule has 6 nitrogen and oxygen atoms in total. The summed E-state index contributed by atoms with van der Waals surface area (Å²) in [5.74, 6) is -1.69. The molecule has 0 aliphatic carbocycles. The second-order valence-electron chi connectivity index (χ2n) is 2.02. The second-order valence-corrected chi connectivity index (χ2v) is 2.02. The molecule has 0 aromatic carbocycles. The van der Waals surface area contributed by atoms with Crippen molar-refractivity contribution in [2.75, 3.05) is 13.1 Å². The van der Waals surface area contributed by atoms with Crippen molar-refractivity contribution in [2.45, 2.75) is 12.8 Å². The summed E-state index contributed by atoms with van der Waals surface area (Å²) < 4.78 is 8.71. The van der Waals surface area contributed by atoms with Crippen LogP contribution in [0.5, 0.6) is 0 Å². The molecule has 0 aromatic rings. The highest BCUT2D eigenvalue weighted by molar-refractivity contribution is 5.41. The molecule has 0 aliphatic heterocycles. The Balaban J connectivity index is 3.96. The average molecular weight is 176 g/mol. The predicted molar refractivity (Wildman–Crippen MR) is 39.8 cm³/mol. The number of ether oxygens (including phenoxy) is 2. The Hall–Kier alpha value is -1.14. The molecule has 0 aliphatic rings. The van der Waals surface area contributed by atoms with Gasteiger partial charge in [0.1, 0.15) is 0 Å². The van der Waals surface area contributed by atoms with Gasteiger partial charge in [0.25, 0.3) is 12.9 Å². The lowest BCUT2D eigenvalue weighted by molar-refractivity contribution is -0.207. The highest BCUT2D eigenvalue weighted by Gasteiger charge is 2.27. The number of rotatable bonds is 7. The molecule has 6 heteroatoms. The summed E-state index contributed by atoms with van der Waals surface area (Å²) in [7, 11) is 0. The van der Waals surface area contributed by atoms with E-state index in [1.165, 1.54) is 0 Å². The van der Waals surface area contributed by atoms with E-state index < -0.39 is 5.91 Å². The van der Waals surface area contributed by atoms with Crippen LogP contribution >= 0.6 is 0 Å². The number of nitrogens with two attached hydrogens (primary N) is 1.